The van der Waals surface area contributed by atoms with Crippen LogP contribution in [-0.2, 0) is 20.9 Å². The highest BCUT2D eigenvalue weighted by Crippen LogP contribution is 2.20. The highest BCUT2D eigenvalue weighted by atomic mass is 19.2. The van der Waals surface area contributed by atoms with Crippen LogP contribution < -0.4 is 10.7 Å². The van der Waals surface area contributed by atoms with Crippen LogP contribution in [0.5, 0.6) is 0 Å². The van der Waals surface area contributed by atoms with Gasteiger partial charge in [-0.3, -0.25) is 14.4 Å². The number of carbonyl (C=O) groups is 2. The number of pyridine rings is 1. The molecule has 1 N–H and O–H groups in total. The number of carbonyl (C=O) groups excluding carboxylic acids is 2. The van der Waals surface area contributed by atoms with Gasteiger partial charge in [0, 0.05) is 10.8 Å². The number of ether oxygens (including phenoxy) is 1. The molecule has 4 aromatic rings. The van der Waals surface area contributed by atoms with E-state index < -0.39 is 41.6 Å². The molecule has 0 aliphatic carbocycles. The summed E-state index contributed by atoms with van der Waals surface area (Å²) in [6.45, 7) is -1.07. The van der Waals surface area contributed by atoms with Crippen LogP contribution >= 0.6 is 0 Å². The number of fused-ring (bicyclic) bond motifs is 2. The van der Waals surface area contributed by atoms with Crippen LogP contribution in [0, 0.1) is 17.5 Å². The zero-order valence-corrected chi connectivity index (χ0v) is 16.4. The second-order valence-corrected chi connectivity index (χ2v) is 6.88. The van der Waals surface area contributed by atoms with Gasteiger partial charge in [0.1, 0.15) is 6.54 Å². The number of para-hydroxylation sites is 2. The second-order valence-electron chi connectivity index (χ2n) is 6.88. The van der Waals surface area contributed by atoms with Crippen LogP contribution in [0.1, 0.15) is 0 Å². The number of rotatable bonds is 5. The fourth-order valence-corrected chi connectivity index (χ4v) is 3.38. The fourth-order valence-electron chi connectivity index (χ4n) is 3.38. The van der Waals surface area contributed by atoms with Crippen molar-refractivity contribution in [1.29, 1.82) is 0 Å². The third kappa shape index (κ3) is 3.92. The zero-order chi connectivity index (χ0) is 22.8. The van der Waals surface area contributed by atoms with E-state index in [1.165, 1.54) is 0 Å². The number of aromatic nitrogens is 1. The maximum absolute atomic E-state index is 13.7. The first-order chi connectivity index (χ1) is 15.4. The molecular weight excluding hydrogens is 425 g/mol. The van der Waals surface area contributed by atoms with E-state index in [1.807, 2.05) is 5.32 Å². The van der Waals surface area contributed by atoms with Gasteiger partial charge in [-0.1, -0.05) is 24.3 Å². The van der Waals surface area contributed by atoms with Gasteiger partial charge in [0.2, 0.25) is 0 Å². The fraction of sp³-hybridized carbons (Fsp3) is 0.0870. The Kier molecular flexibility index (Phi) is 5.63. The van der Waals surface area contributed by atoms with Gasteiger partial charge in [0.15, 0.2) is 29.5 Å². The summed E-state index contributed by atoms with van der Waals surface area (Å²) in [5.74, 6) is -6.40. The summed E-state index contributed by atoms with van der Waals surface area (Å²) in [5.41, 5.74) is 0.277. The van der Waals surface area contributed by atoms with Gasteiger partial charge in [0.25, 0.3) is 5.91 Å². The van der Waals surface area contributed by atoms with E-state index in [-0.39, 0.29) is 12.0 Å². The molecule has 32 heavy (non-hydrogen) atoms. The van der Waals surface area contributed by atoms with Gasteiger partial charge in [-0.15, -0.1) is 0 Å². The molecule has 4 rings (SSSR count). The Morgan fingerprint density at radius 2 is 1.44 bits per heavy atom. The molecule has 1 heterocycles. The maximum atomic E-state index is 13.7. The third-order valence-corrected chi connectivity index (χ3v) is 4.84. The summed E-state index contributed by atoms with van der Waals surface area (Å²) in [5, 5.41) is 2.86. The van der Waals surface area contributed by atoms with E-state index in [0.29, 0.717) is 27.9 Å². The van der Waals surface area contributed by atoms with Gasteiger partial charge in [-0.25, -0.2) is 13.2 Å². The lowest BCUT2D eigenvalue weighted by molar-refractivity contribution is -0.147. The summed E-state index contributed by atoms with van der Waals surface area (Å²) >= 11 is 0. The highest BCUT2D eigenvalue weighted by molar-refractivity contribution is 5.95. The van der Waals surface area contributed by atoms with E-state index >= 15 is 0 Å². The molecule has 1 amide bonds. The van der Waals surface area contributed by atoms with Crippen molar-refractivity contribution < 1.29 is 27.5 Å². The average molecular weight is 440 g/mol. The van der Waals surface area contributed by atoms with Crippen molar-refractivity contribution in [3.8, 4) is 0 Å². The molecule has 6 nitrogen and oxygen atoms in total. The lowest BCUT2D eigenvalue weighted by Gasteiger charge is -2.14. The standard InChI is InChI=1S/C23H15F3N2O4/c24-15-9-10-16(22(26)21(15)25)27-19(29)12-32-20(30)11-28-17-7-3-1-5-13(17)23(31)14-6-2-4-8-18(14)28/h1-10H,11-12H2,(H,27,29). The smallest absolute Gasteiger partial charge is 0.326 e. The number of esters is 1. The molecular formula is C23H15F3N2O4. The quantitative estimate of drug-likeness (QED) is 0.291. The van der Waals surface area contributed by atoms with Gasteiger partial charge >= 0.3 is 5.97 Å². The number of hydrogen-bond donors (Lipinski definition) is 1. The molecule has 0 saturated carbocycles. The Morgan fingerprint density at radius 1 is 0.844 bits per heavy atom. The number of anilines is 1. The van der Waals surface area contributed by atoms with E-state index in [2.05, 4.69) is 0 Å². The number of amides is 1. The summed E-state index contributed by atoms with van der Waals surface area (Å²) in [6.07, 6.45) is 0. The Bertz CT molecular complexity index is 1370. The third-order valence-electron chi connectivity index (χ3n) is 4.84. The van der Waals surface area contributed by atoms with E-state index in [0.717, 1.165) is 6.07 Å². The second kappa shape index (κ2) is 8.54. The summed E-state index contributed by atoms with van der Waals surface area (Å²) in [4.78, 5) is 37.1. The molecule has 0 unspecified atom stereocenters. The summed E-state index contributed by atoms with van der Waals surface area (Å²) < 4.78 is 46.5. The molecule has 9 heteroatoms. The first-order valence-electron chi connectivity index (χ1n) is 9.46. The Balaban J connectivity index is 1.52. The van der Waals surface area contributed by atoms with Crippen molar-refractivity contribution in [2.75, 3.05) is 11.9 Å². The average Bonchev–Trinajstić information content (AvgIpc) is 2.81. The van der Waals surface area contributed by atoms with Gasteiger partial charge < -0.3 is 14.6 Å². The van der Waals surface area contributed by atoms with Gasteiger partial charge in [-0.2, -0.15) is 0 Å². The largest absolute Gasteiger partial charge is 0.454 e. The molecule has 0 aliphatic rings. The molecule has 0 atom stereocenters. The van der Waals surface area contributed by atoms with Crippen LogP contribution in [-0.4, -0.2) is 23.1 Å². The summed E-state index contributed by atoms with van der Waals surface area (Å²) in [7, 11) is 0. The maximum Gasteiger partial charge on any atom is 0.326 e. The van der Waals surface area contributed by atoms with Crippen LogP contribution in [0.4, 0.5) is 18.9 Å². The van der Waals surface area contributed by atoms with Crippen LogP contribution in [0.2, 0.25) is 0 Å². The minimum atomic E-state index is -1.73. The normalized spacial score (nSPS) is 11.0. The lowest BCUT2D eigenvalue weighted by Crippen LogP contribution is -2.24. The van der Waals surface area contributed by atoms with Crippen molar-refractivity contribution in [2.24, 2.45) is 0 Å². The number of hydrogen-bond acceptors (Lipinski definition) is 4. The topological polar surface area (TPSA) is 77.4 Å². The van der Waals surface area contributed by atoms with E-state index in [1.54, 1.807) is 53.1 Å². The van der Waals surface area contributed by atoms with Crippen LogP contribution in [0.3, 0.4) is 0 Å². The van der Waals surface area contributed by atoms with Crippen molar-refractivity contribution in [3.63, 3.8) is 0 Å². The molecule has 3 aromatic carbocycles. The minimum Gasteiger partial charge on any atom is -0.454 e. The Labute approximate surface area is 178 Å². The van der Waals surface area contributed by atoms with Crippen molar-refractivity contribution in [2.45, 2.75) is 6.54 Å². The first kappa shape index (κ1) is 21.1. The lowest BCUT2D eigenvalue weighted by atomic mass is 10.1. The Morgan fingerprint density at radius 3 is 2.06 bits per heavy atom. The predicted molar refractivity (Wildman–Crippen MR) is 112 cm³/mol. The minimum absolute atomic E-state index is 0.172. The van der Waals surface area contributed by atoms with Crippen LogP contribution in [0.25, 0.3) is 21.8 Å². The molecule has 0 aliphatic heterocycles. The van der Waals surface area contributed by atoms with Crippen LogP contribution in [0.15, 0.2) is 65.5 Å². The summed E-state index contributed by atoms with van der Waals surface area (Å²) in [6, 6.07) is 15.1. The van der Waals surface area contributed by atoms with Gasteiger partial charge in [-0.05, 0) is 36.4 Å². The molecule has 0 spiro atoms. The van der Waals surface area contributed by atoms with Crippen molar-refractivity contribution in [3.05, 3.63) is 88.3 Å². The number of halogens is 3. The monoisotopic (exact) mass is 440 g/mol. The molecule has 162 valence electrons. The number of nitrogens with one attached hydrogen (secondary N) is 1. The molecule has 0 radical (unpaired) electrons. The number of nitrogens with zero attached hydrogens (tertiary/aromatic N) is 1. The Hall–Kier alpha value is -4.14. The number of benzene rings is 3. The van der Waals surface area contributed by atoms with Gasteiger partial charge in [0.05, 0.1) is 16.7 Å². The van der Waals surface area contributed by atoms with Crippen molar-refractivity contribution in [1.82, 2.24) is 4.57 Å². The van der Waals surface area contributed by atoms with Crippen molar-refractivity contribution >= 4 is 39.4 Å². The SMILES string of the molecule is O=C(COC(=O)Cn1c2ccccc2c(=O)c2ccccc21)Nc1ccc(F)c(F)c1F. The molecule has 1 aromatic heterocycles. The highest BCUT2D eigenvalue weighted by Gasteiger charge is 2.17. The molecule has 0 fully saturated rings. The first-order valence-corrected chi connectivity index (χ1v) is 9.46. The van der Waals surface area contributed by atoms with E-state index in [9.17, 15) is 27.6 Å². The molecule has 0 bridgehead atoms. The van der Waals surface area contributed by atoms with E-state index in [4.69, 9.17) is 4.74 Å². The predicted octanol–water partition coefficient (Wildman–Crippen LogP) is 3.75. The molecule has 0 saturated heterocycles. The zero-order valence-electron chi connectivity index (χ0n) is 16.4.